The van der Waals surface area contributed by atoms with Crippen molar-refractivity contribution >= 4 is 23.6 Å². The molecule has 8 heteroatoms. The van der Waals surface area contributed by atoms with Crippen LogP contribution in [-0.2, 0) is 40.0 Å². The summed E-state index contributed by atoms with van der Waals surface area (Å²) in [6, 6.07) is 5.63. The van der Waals surface area contributed by atoms with Crippen LogP contribution in [0.15, 0.2) is 24.3 Å². The van der Waals surface area contributed by atoms with Gasteiger partial charge in [-0.15, -0.1) is 0 Å². The maximum absolute atomic E-state index is 14.3. The normalized spacial score (nSPS) is 18.5. The monoisotopic (exact) mass is 690 g/mol. The molecule has 1 saturated heterocycles. The lowest BCUT2D eigenvalue weighted by molar-refractivity contribution is -0.144. The molecular formula is C42H59FN2O5. The van der Waals surface area contributed by atoms with Gasteiger partial charge in [-0.1, -0.05) is 72.1 Å². The van der Waals surface area contributed by atoms with E-state index in [0.29, 0.717) is 50.8 Å². The summed E-state index contributed by atoms with van der Waals surface area (Å²) in [6.45, 7) is 7.60. The van der Waals surface area contributed by atoms with E-state index >= 15 is 0 Å². The Hall–Kier alpha value is -3.29. The zero-order valence-corrected chi connectivity index (χ0v) is 30.8. The second-order valence-electron chi connectivity index (χ2n) is 15.7. The van der Waals surface area contributed by atoms with Crippen LogP contribution < -0.4 is 0 Å². The van der Waals surface area contributed by atoms with E-state index in [-0.39, 0.29) is 47.8 Å². The minimum absolute atomic E-state index is 0.0358. The van der Waals surface area contributed by atoms with Crippen molar-refractivity contribution in [3.8, 4) is 0 Å². The molecule has 5 rings (SSSR count). The van der Waals surface area contributed by atoms with Crippen LogP contribution in [0.2, 0.25) is 0 Å². The summed E-state index contributed by atoms with van der Waals surface area (Å²) in [6.07, 6.45) is 17.7. The highest BCUT2D eigenvalue weighted by atomic mass is 19.1. The third-order valence-electron chi connectivity index (χ3n) is 11.5. The zero-order valence-electron chi connectivity index (χ0n) is 30.8. The molecule has 0 unspecified atom stereocenters. The van der Waals surface area contributed by atoms with Crippen LogP contribution in [0.25, 0.3) is 0 Å². The first-order valence-corrected chi connectivity index (χ1v) is 19.6. The zero-order chi connectivity index (χ0) is 35.7. The lowest BCUT2D eigenvalue weighted by Crippen LogP contribution is -2.49. The van der Waals surface area contributed by atoms with Gasteiger partial charge < -0.3 is 9.64 Å². The lowest BCUT2D eigenvalue weighted by atomic mass is 9.73. The number of aromatic nitrogens is 1. The Morgan fingerprint density at radius 3 is 2.28 bits per heavy atom. The van der Waals surface area contributed by atoms with Gasteiger partial charge in [0, 0.05) is 54.2 Å². The predicted molar refractivity (Wildman–Crippen MR) is 194 cm³/mol. The van der Waals surface area contributed by atoms with E-state index < -0.39 is 5.41 Å². The summed E-state index contributed by atoms with van der Waals surface area (Å²) in [7, 11) is 0. The van der Waals surface area contributed by atoms with Crippen LogP contribution in [0, 0.1) is 23.1 Å². The number of Topliss-reactive ketones (excluding diaryl/α,β-unsaturated/α-hetero) is 1. The number of halogens is 1. The highest BCUT2D eigenvalue weighted by Gasteiger charge is 2.44. The van der Waals surface area contributed by atoms with Crippen LogP contribution in [0.5, 0.6) is 0 Å². The van der Waals surface area contributed by atoms with Crippen LogP contribution >= 0.6 is 0 Å². The summed E-state index contributed by atoms with van der Waals surface area (Å²) in [4.78, 5) is 55.0. The largest absolute Gasteiger partial charge is 0.466 e. The highest BCUT2D eigenvalue weighted by Crippen LogP contribution is 2.43. The molecule has 1 aromatic carbocycles. The van der Waals surface area contributed by atoms with Gasteiger partial charge in [0.25, 0.3) is 0 Å². The van der Waals surface area contributed by atoms with Crippen molar-refractivity contribution in [2.24, 2.45) is 17.3 Å². The third kappa shape index (κ3) is 9.33. The topological polar surface area (TPSA) is 85.7 Å². The van der Waals surface area contributed by atoms with E-state index in [1.807, 2.05) is 23.3 Å². The van der Waals surface area contributed by atoms with Gasteiger partial charge in [0.1, 0.15) is 5.82 Å². The average molecular weight is 691 g/mol. The van der Waals surface area contributed by atoms with E-state index in [1.165, 1.54) is 80.3 Å². The second-order valence-corrected chi connectivity index (χ2v) is 15.7. The maximum atomic E-state index is 14.3. The molecule has 0 spiro atoms. The fourth-order valence-electron chi connectivity index (χ4n) is 8.42. The Bertz CT molecular complexity index is 1490. The number of unbranched alkanes of at least 4 members (excludes halogenated alkanes) is 8. The van der Waals surface area contributed by atoms with Gasteiger partial charge in [-0.25, -0.2) is 4.39 Å². The van der Waals surface area contributed by atoms with Crippen molar-refractivity contribution in [3.05, 3.63) is 58.2 Å². The van der Waals surface area contributed by atoms with Crippen LogP contribution in [-0.4, -0.2) is 52.7 Å². The molecule has 0 radical (unpaired) electrons. The molecule has 2 aromatic rings. The van der Waals surface area contributed by atoms with Crippen molar-refractivity contribution < 1.29 is 28.3 Å². The number of hydrogen-bond acceptors (Lipinski definition) is 5. The molecule has 1 fully saturated rings. The van der Waals surface area contributed by atoms with Gasteiger partial charge in [-0.2, -0.15) is 0 Å². The van der Waals surface area contributed by atoms with Crippen molar-refractivity contribution in [2.45, 2.75) is 143 Å². The van der Waals surface area contributed by atoms with E-state index in [1.54, 1.807) is 0 Å². The average Bonchev–Trinajstić information content (AvgIpc) is 3.68. The van der Waals surface area contributed by atoms with Gasteiger partial charge >= 0.3 is 5.97 Å². The number of carbonyl (C=O) groups is 4. The van der Waals surface area contributed by atoms with E-state index in [4.69, 9.17) is 4.74 Å². The number of ketones is 1. The summed E-state index contributed by atoms with van der Waals surface area (Å²) >= 11 is 0. The van der Waals surface area contributed by atoms with Crippen molar-refractivity contribution in [2.75, 3.05) is 19.7 Å². The number of hydrogen-bond donors (Lipinski definition) is 0. The minimum Gasteiger partial charge on any atom is -0.466 e. The first-order chi connectivity index (χ1) is 24.1. The van der Waals surface area contributed by atoms with Crippen LogP contribution in [0.3, 0.4) is 0 Å². The number of carbonyl (C=O) groups excluding carboxylic acids is 4. The van der Waals surface area contributed by atoms with Crippen LogP contribution in [0.1, 0.15) is 155 Å². The number of esters is 1. The molecule has 2 atom stereocenters. The fourth-order valence-corrected chi connectivity index (χ4v) is 8.42. The molecule has 0 saturated carbocycles. The van der Waals surface area contributed by atoms with Gasteiger partial charge in [-0.3, -0.25) is 23.7 Å². The first-order valence-electron chi connectivity index (χ1n) is 19.6. The fraction of sp³-hybridized carbons (Fsp3) is 0.667. The minimum atomic E-state index is -0.692. The Morgan fingerprint density at radius 1 is 0.860 bits per heavy atom. The van der Waals surface area contributed by atoms with Gasteiger partial charge in [-0.05, 0) is 99.1 Å². The highest BCUT2D eigenvalue weighted by molar-refractivity contribution is 5.96. The molecule has 7 nitrogen and oxygen atoms in total. The molecule has 0 N–H and O–H groups in total. The summed E-state index contributed by atoms with van der Waals surface area (Å²) in [5, 5.41) is 0. The standard InChI is InChI=1S/C42H59FN2O5/c1-4-5-6-7-8-9-10-11-12-18-39(47)50-27-24-42(2,3)41(49)45-36-16-13-15-33(36)35-29-34-31(28-37(35)45)23-26-44(40(34)48)25-14-17-38(46)30-19-21-32(43)22-20-30/h19-22,31,34H,4-18,23-29H2,1-3H3/t31-,34-/m0/s1. The molecule has 2 heterocycles. The number of nitrogens with zero attached hydrogens (tertiary/aromatic N) is 2. The number of likely N-dealkylation sites (tertiary alicyclic amines) is 1. The second kappa shape index (κ2) is 17.8. The number of piperidine rings is 1. The predicted octanol–water partition coefficient (Wildman–Crippen LogP) is 8.86. The Kier molecular flexibility index (Phi) is 13.5. The number of benzene rings is 1. The quantitative estimate of drug-likeness (QED) is 0.0835. The lowest BCUT2D eigenvalue weighted by Gasteiger charge is -2.41. The van der Waals surface area contributed by atoms with Gasteiger partial charge in [0.05, 0.1) is 6.61 Å². The molecule has 3 aliphatic rings. The molecule has 1 aliphatic heterocycles. The van der Waals surface area contributed by atoms with E-state index in [9.17, 15) is 23.6 Å². The molecule has 274 valence electrons. The molecule has 2 aliphatic carbocycles. The Labute approximate surface area is 298 Å². The van der Waals surface area contributed by atoms with E-state index in [2.05, 4.69) is 6.92 Å². The van der Waals surface area contributed by atoms with Crippen LogP contribution in [0.4, 0.5) is 4.39 Å². The summed E-state index contributed by atoms with van der Waals surface area (Å²) < 4.78 is 20.9. The van der Waals surface area contributed by atoms with Crippen molar-refractivity contribution in [1.82, 2.24) is 9.47 Å². The van der Waals surface area contributed by atoms with Crippen molar-refractivity contribution in [1.29, 1.82) is 0 Å². The smallest absolute Gasteiger partial charge is 0.305 e. The van der Waals surface area contributed by atoms with Crippen molar-refractivity contribution in [3.63, 3.8) is 0 Å². The van der Waals surface area contributed by atoms with Gasteiger partial charge in [0.2, 0.25) is 11.8 Å². The Balaban J connectivity index is 1.12. The third-order valence-corrected chi connectivity index (χ3v) is 11.5. The molecule has 1 amide bonds. The molecule has 1 aromatic heterocycles. The first kappa shape index (κ1) is 38.0. The van der Waals surface area contributed by atoms with E-state index in [0.717, 1.165) is 56.3 Å². The SMILES string of the molecule is CCCCCCCCCCCC(=O)OCCC(C)(C)C(=O)n1c2c(c3c1C[C@@H]1CCN(CCCC(=O)c4ccc(F)cc4)C(=O)[C@H]1C3)CCC2. The molecule has 0 bridgehead atoms. The number of ether oxygens (including phenoxy) is 1. The molecular weight excluding hydrogens is 631 g/mol. The number of amides is 1. The number of rotatable bonds is 19. The van der Waals surface area contributed by atoms with Gasteiger partial charge in [0.15, 0.2) is 5.78 Å². The number of fused-ring (bicyclic) bond motifs is 4. The summed E-state index contributed by atoms with van der Waals surface area (Å²) in [5.41, 5.74) is 4.50. The summed E-state index contributed by atoms with van der Waals surface area (Å²) in [5.74, 6) is -0.242. The Morgan fingerprint density at radius 2 is 1.56 bits per heavy atom. The maximum Gasteiger partial charge on any atom is 0.305 e. The molecule has 50 heavy (non-hydrogen) atoms.